The Morgan fingerprint density at radius 3 is 2.42 bits per heavy atom. The number of benzene rings is 2. The van der Waals surface area contributed by atoms with E-state index < -0.39 is 0 Å². The molecule has 2 aromatic rings. The van der Waals surface area contributed by atoms with Gasteiger partial charge in [-0.1, -0.05) is 47.5 Å². The largest absolute Gasteiger partial charge is 0.394 e. The number of aliphatic hydroxyl groups excluding tert-OH is 1. The zero-order valence-corrected chi connectivity index (χ0v) is 14.5. The molecule has 24 heavy (non-hydrogen) atoms. The summed E-state index contributed by atoms with van der Waals surface area (Å²) in [5.41, 5.74) is 4.83. The molecule has 1 unspecified atom stereocenters. The summed E-state index contributed by atoms with van der Waals surface area (Å²) >= 11 is 0. The van der Waals surface area contributed by atoms with Crippen molar-refractivity contribution in [2.24, 2.45) is 0 Å². The lowest BCUT2D eigenvalue weighted by Gasteiger charge is -2.19. The van der Waals surface area contributed by atoms with Crippen molar-refractivity contribution in [1.82, 2.24) is 5.32 Å². The summed E-state index contributed by atoms with van der Waals surface area (Å²) in [6, 6.07) is 13.8. The second kappa shape index (κ2) is 8.62. The summed E-state index contributed by atoms with van der Waals surface area (Å²) in [6.45, 7) is 6.46. The highest BCUT2D eigenvalue weighted by molar-refractivity contribution is 5.95. The summed E-state index contributed by atoms with van der Waals surface area (Å²) in [4.78, 5) is 12.5. The monoisotopic (exact) mass is 327 g/mol. The van der Waals surface area contributed by atoms with Crippen molar-refractivity contribution >= 4 is 5.91 Å². The van der Waals surface area contributed by atoms with Crippen LogP contribution in [0.5, 0.6) is 0 Å². The minimum Gasteiger partial charge on any atom is -0.394 e. The minimum absolute atomic E-state index is 0.0483. The van der Waals surface area contributed by atoms with Crippen LogP contribution in [0.4, 0.5) is 0 Å². The third-order valence-corrected chi connectivity index (χ3v) is 3.95. The maximum absolute atomic E-state index is 12.5. The Labute approximate surface area is 143 Å². The maximum Gasteiger partial charge on any atom is 0.251 e. The van der Waals surface area contributed by atoms with Gasteiger partial charge in [0.2, 0.25) is 0 Å². The van der Waals surface area contributed by atoms with E-state index in [2.05, 4.69) is 5.32 Å². The van der Waals surface area contributed by atoms with Crippen molar-refractivity contribution in [2.75, 3.05) is 19.8 Å². The Morgan fingerprint density at radius 1 is 1.08 bits per heavy atom. The molecule has 2 N–H and O–H groups in total. The smallest absolute Gasteiger partial charge is 0.251 e. The van der Waals surface area contributed by atoms with Gasteiger partial charge in [0.15, 0.2) is 0 Å². The predicted octanol–water partition coefficient (Wildman–Crippen LogP) is 3.09. The molecule has 0 bridgehead atoms. The van der Waals surface area contributed by atoms with Crippen molar-refractivity contribution in [1.29, 1.82) is 0 Å². The molecule has 0 aromatic heterocycles. The molecule has 0 heterocycles. The molecule has 2 rings (SSSR count). The van der Waals surface area contributed by atoms with E-state index in [1.165, 1.54) is 5.56 Å². The highest BCUT2D eigenvalue weighted by atomic mass is 16.5. The van der Waals surface area contributed by atoms with Crippen LogP contribution in [0.25, 0.3) is 0 Å². The van der Waals surface area contributed by atoms with Crippen molar-refractivity contribution in [3.8, 4) is 0 Å². The molecule has 2 aromatic carbocycles. The number of aryl methyl sites for hydroxylation is 3. The molecule has 0 radical (unpaired) electrons. The number of rotatable bonds is 7. The Hall–Kier alpha value is -2.17. The van der Waals surface area contributed by atoms with Gasteiger partial charge in [-0.15, -0.1) is 0 Å². The number of nitrogens with one attached hydrogen (secondary N) is 1. The zero-order valence-electron chi connectivity index (χ0n) is 14.5. The van der Waals surface area contributed by atoms with Crippen LogP contribution in [0, 0.1) is 20.8 Å². The molecule has 0 saturated heterocycles. The lowest BCUT2D eigenvalue weighted by molar-refractivity contribution is 0.0277. The number of ether oxygens (including phenoxy) is 1. The van der Waals surface area contributed by atoms with E-state index in [0.717, 1.165) is 16.7 Å². The van der Waals surface area contributed by atoms with Gasteiger partial charge in [-0.25, -0.2) is 0 Å². The Bertz CT molecular complexity index is 680. The molecule has 4 heteroatoms. The first-order chi connectivity index (χ1) is 11.5. The standard InChI is InChI=1S/C20H25NO3/c1-14-5-8-17(9-6-14)19(24-11-10-22)13-21-20(23)18-12-15(2)4-7-16(18)3/h4-9,12,19,22H,10-11,13H2,1-3H3,(H,21,23). The van der Waals surface area contributed by atoms with E-state index in [-0.39, 0.29) is 25.2 Å². The molecular formula is C20H25NO3. The summed E-state index contributed by atoms with van der Waals surface area (Å²) in [5, 5.41) is 12.0. The molecule has 128 valence electrons. The summed E-state index contributed by atoms with van der Waals surface area (Å²) in [6.07, 6.45) is -0.285. The van der Waals surface area contributed by atoms with Gasteiger partial charge in [0.1, 0.15) is 0 Å². The first kappa shape index (κ1) is 18.2. The Kier molecular flexibility index (Phi) is 6.53. The molecule has 0 aliphatic carbocycles. The van der Waals surface area contributed by atoms with Gasteiger partial charge in [0.05, 0.1) is 19.3 Å². The fourth-order valence-corrected chi connectivity index (χ4v) is 2.51. The van der Waals surface area contributed by atoms with Crippen LogP contribution in [0.3, 0.4) is 0 Å². The molecule has 0 saturated carbocycles. The first-order valence-electron chi connectivity index (χ1n) is 8.15. The lowest BCUT2D eigenvalue weighted by Crippen LogP contribution is -2.30. The molecule has 0 fully saturated rings. The fraction of sp³-hybridized carbons (Fsp3) is 0.350. The fourth-order valence-electron chi connectivity index (χ4n) is 2.51. The number of hydrogen-bond donors (Lipinski definition) is 2. The van der Waals surface area contributed by atoms with E-state index in [0.29, 0.717) is 12.1 Å². The van der Waals surface area contributed by atoms with E-state index in [9.17, 15) is 4.79 Å². The van der Waals surface area contributed by atoms with Gasteiger partial charge >= 0.3 is 0 Å². The van der Waals surface area contributed by atoms with Gasteiger partial charge in [-0.2, -0.15) is 0 Å². The topological polar surface area (TPSA) is 58.6 Å². The van der Waals surface area contributed by atoms with E-state index >= 15 is 0 Å². The summed E-state index contributed by atoms with van der Waals surface area (Å²) in [7, 11) is 0. The first-order valence-corrected chi connectivity index (χ1v) is 8.15. The number of carbonyl (C=O) groups is 1. The number of aliphatic hydroxyl groups is 1. The Morgan fingerprint density at radius 2 is 1.75 bits per heavy atom. The molecule has 0 aliphatic rings. The van der Waals surface area contributed by atoms with Crippen molar-refractivity contribution in [3.05, 3.63) is 70.3 Å². The average molecular weight is 327 g/mol. The number of hydrogen-bond acceptors (Lipinski definition) is 3. The van der Waals surface area contributed by atoms with Crippen LogP contribution < -0.4 is 5.32 Å². The van der Waals surface area contributed by atoms with Crippen LogP contribution in [0.2, 0.25) is 0 Å². The quantitative estimate of drug-likeness (QED) is 0.821. The van der Waals surface area contributed by atoms with Crippen molar-refractivity contribution in [3.63, 3.8) is 0 Å². The predicted molar refractivity (Wildman–Crippen MR) is 95.2 cm³/mol. The highest BCUT2D eigenvalue weighted by Gasteiger charge is 2.15. The van der Waals surface area contributed by atoms with E-state index in [1.807, 2.05) is 63.2 Å². The highest BCUT2D eigenvalue weighted by Crippen LogP contribution is 2.18. The second-order valence-corrected chi connectivity index (χ2v) is 6.02. The molecule has 0 spiro atoms. The number of carbonyl (C=O) groups excluding carboxylic acids is 1. The van der Waals surface area contributed by atoms with Crippen LogP contribution in [0.15, 0.2) is 42.5 Å². The second-order valence-electron chi connectivity index (χ2n) is 6.02. The van der Waals surface area contributed by atoms with Crippen LogP contribution in [-0.2, 0) is 4.74 Å². The van der Waals surface area contributed by atoms with Gasteiger partial charge in [0, 0.05) is 12.1 Å². The SMILES string of the molecule is Cc1ccc(C(CNC(=O)c2cc(C)ccc2C)OCCO)cc1. The van der Waals surface area contributed by atoms with Crippen LogP contribution >= 0.6 is 0 Å². The normalized spacial score (nSPS) is 12.0. The molecule has 1 atom stereocenters. The molecule has 1 amide bonds. The molecule has 0 aliphatic heterocycles. The molecule has 4 nitrogen and oxygen atoms in total. The summed E-state index contributed by atoms with van der Waals surface area (Å²) in [5.74, 6) is -0.110. The van der Waals surface area contributed by atoms with E-state index in [4.69, 9.17) is 9.84 Å². The summed E-state index contributed by atoms with van der Waals surface area (Å²) < 4.78 is 5.69. The van der Waals surface area contributed by atoms with Crippen molar-refractivity contribution in [2.45, 2.75) is 26.9 Å². The van der Waals surface area contributed by atoms with Gasteiger partial charge in [0.25, 0.3) is 5.91 Å². The van der Waals surface area contributed by atoms with Gasteiger partial charge in [-0.3, -0.25) is 4.79 Å². The van der Waals surface area contributed by atoms with E-state index in [1.54, 1.807) is 0 Å². The van der Waals surface area contributed by atoms with Crippen molar-refractivity contribution < 1.29 is 14.6 Å². The van der Waals surface area contributed by atoms with Gasteiger partial charge < -0.3 is 15.2 Å². The van der Waals surface area contributed by atoms with Crippen LogP contribution in [-0.4, -0.2) is 30.8 Å². The van der Waals surface area contributed by atoms with Crippen LogP contribution in [0.1, 0.15) is 38.7 Å². The third kappa shape index (κ3) is 4.91. The zero-order chi connectivity index (χ0) is 17.5. The minimum atomic E-state index is -0.285. The average Bonchev–Trinajstić information content (AvgIpc) is 2.58. The Balaban J connectivity index is 2.07. The molecular weight excluding hydrogens is 302 g/mol. The third-order valence-electron chi connectivity index (χ3n) is 3.95. The lowest BCUT2D eigenvalue weighted by atomic mass is 10.0. The van der Waals surface area contributed by atoms with Gasteiger partial charge in [-0.05, 0) is 38.0 Å². The maximum atomic E-state index is 12.5. The number of amides is 1.